The van der Waals surface area contributed by atoms with E-state index in [2.05, 4.69) is 4.98 Å². The molecule has 0 fully saturated rings. The van der Waals surface area contributed by atoms with E-state index in [4.69, 9.17) is 16.3 Å². The minimum absolute atomic E-state index is 0.0380. The molecule has 0 saturated carbocycles. The third-order valence-electron chi connectivity index (χ3n) is 3.59. The van der Waals surface area contributed by atoms with Crippen molar-refractivity contribution in [1.29, 1.82) is 0 Å². The molecule has 3 aromatic rings. The average Bonchev–Trinajstić information content (AvgIpc) is 3.18. The molecule has 0 N–H and O–H groups in total. The number of fused-ring (bicyclic) bond motifs is 1. The maximum atomic E-state index is 13.3. The predicted molar refractivity (Wildman–Crippen MR) is 102 cm³/mol. The van der Waals surface area contributed by atoms with Gasteiger partial charge in [-0.1, -0.05) is 11.6 Å². The Balaban J connectivity index is 1.72. The van der Waals surface area contributed by atoms with Gasteiger partial charge in [-0.2, -0.15) is 0 Å². The van der Waals surface area contributed by atoms with E-state index in [1.54, 1.807) is 5.38 Å². The number of nitrogens with zero attached hydrogens (tertiary/aromatic N) is 2. The molecule has 0 radical (unpaired) electrons. The Hall–Kier alpha value is -2.03. The maximum absolute atomic E-state index is 13.3. The van der Waals surface area contributed by atoms with Gasteiger partial charge in [0, 0.05) is 28.9 Å². The van der Waals surface area contributed by atoms with Gasteiger partial charge in [0.1, 0.15) is 17.3 Å². The molecule has 0 atom stereocenters. The number of carbonyl (C=O) groups is 2. The molecule has 1 aromatic carbocycles. The number of hydrogen-bond acceptors (Lipinski definition) is 6. The third-order valence-corrected chi connectivity index (χ3v) is 6.14. The van der Waals surface area contributed by atoms with Crippen LogP contribution in [-0.2, 0) is 16.1 Å². The number of halogens is 2. The molecule has 0 aliphatic carbocycles. The van der Waals surface area contributed by atoms with Crippen molar-refractivity contribution in [3.05, 3.63) is 45.0 Å². The van der Waals surface area contributed by atoms with Gasteiger partial charge < -0.3 is 4.74 Å². The summed E-state index contributed by atoms with van der Waals surface area (Å²) in [6.45, 7) is 3.80. The first-order valence-electron chi connectivity index (χ1n) is 7.68. The van der Waals surface area contributed by atoms with Gasteiger partial charge in [0.05, 0.1) is 10.7 Å². The fraction of sp³-hybridized carbons (Fsp3) is 0.235. The topological polar surface area (TPSA) is 59.5 Å². The molecule has 0 aliphatic rings. The molecule has 5 nitrogen and oxygen atoms in total. The zero-order valence-electron chi connectivity index (χ0n) is 13.9. The summed E-state index contributed by atoms with van der Waals surface area (Å²) in [5.74, 6) is -1.09. The summed E-state index contributed by atoms with van der Waals surface area (Å²) < 4.78 is 19.2. The molecular formula is C17H14ClFN2O3S2. The van der Waals surface area contributed by atoms with Gasteiger partial charge in [0.2, 0.25) is 5.91 Å². The highest BCUT2D eigenvalue weighted by Gasteiger charge is 2.20. The zero-order chi connectivity index (χ0) is 18.8. The maximum Gasteiger partial charge on any atom is 0.350 e. The minimum atomic E-state index is -0.593. The van der Waals surface area contributed by atoms with Crippen molar-refractivity contribution in [2.75, 3.05) is 11.4 Å². The third kappa shape index (κ3) is 3.72. The van der Waals surface area contributed by atoms with Crippen LogP contribution < -0.4 is 4.90 Å². The quantitative estimate of drug-likeness (QED) is 0.560. The van der Waals surface area contributed by atoms with Gasteiger partial charge in [-0.05, 0) is 25.1 Å². The van der Waals surface area contributed by atoms with Crippen molar-refractivity contribution in [3.8, 4) is 0 Å². The highest BCUT2D eigenvalue weighted by atomic mass is 35.5. The Bertz CT molecular complexity index is 986. The molecule has 9 heteroatoms. The summed E-state index contributed by atoms with van der Waals surface area (Å²) in [4.78, 5) is 29.9. The van der Waals surface area contributed by atoms with Crippen molar-refractivity contribution in [1.82, 2.24) is 4.98 Å². The van der Waals surface area contributed by atoms with E-state index in [1.807, 2.05) is 6.92 Å². The lowest BCUT2D eigenvalue weighted by Gasteiger charge is -2.14. The first kappa shape index (κ1) is 18.8. The summed E-state index contributed by atoms with van der Waals surface area (Å²) in [7, 11) is 0. The van der Waals surface area contributed by atoms with Crippen LogP contribution in [0.4, 0.5) is 9.52 Å². The van der Waals surface area contributed by atoms with Crippen LogP contribution >= 0.6 is 34.3 Å². The molecule has 1 amide bonds. The Morgan fingerprint density at radius 1 is 1.38 bits per heavy atom. The van der Waals surface area contributed by atoms with Crippen LogP contribution in [0.5, 0.6) is 0 Å². The zero-order valence-corrected chi connectivity index (χ0v) is 16.3. The van der Waals surface area contributed by atoms with E-state index in [0.717, 1.165) is 11.3 Å². The lowest BCUT2D eigenvalue weighted by Crippen LogP contribution is -2.27. The van der Waals surface area contributed by atoms with Crippen molar-refractivity contribution in [2.45, 2.75) is 20.5 Å². The van der Waals surface area contributed by atoms with E-state index in [1.165, 1.54) is 41.4 Å². The van der Waals surface area contributed by atoms with Crippen LogP contribution in [0.2, 0.25) is 5.02 Å². The van der Waals surface area contributed by atoms with E-state index >= 15 is 0 Å². The van der Waals surface area contributed by atoms with Gasteiger partial charge in [-0.15, -0.1) is 22.7 Å². The van der Waals surface area contributed by atoms with Crippen LogP contribution in [-0.4, -0.2) is 23.4 Å². The molecule has 2 heterocycles. The number of amides is 1. The standard InChI is InChI=1S/C17H14ClFN2O3S2/c1-3-21(9(2)22)17-20-11(8-25-17)7-24-16(23)15-14(18)12-5-4-10(19)6-13(12)26-15/h4-6,8H,3,7H2,1-2H3. The number of thiazole rings is 1. The Morgan fingerprint density at radius 2 is 2.15 bits per heavy atom. The molecule has 0 spiro atoms. The number of carbonyl (C=O) groups excluding carboxylic acids is 2. The second-order valence-corrected chi connectivity index (χ2v) is 7.61. The Morgan fingerprint density at radius 3 is 2.85 bits per heavy atom. The minimum Gasteiger partial charge on any atom is -0.455 e. The van der Waals surface area contributed by atoms with Crippen LogP contribution in [0.25, 0.3) is 10.1 Å². The number of rotatable bonds is 5. The van der Waals surface area contributed by atoms with E-state index in [0.29, 0.717) is 27.5 Å². The van der Waals surface area contributed by atoms with Gasteiger partial charge in [0.15, 0.2) is 5.13 Å². The number of benzene rings is 1. The summed E-state index contributed by atoms with van der Waals surface area (Å²) in [6.07, 6.45) is 0. The number of hydrogen-bond donors (Lipinski definition) is 0. The molecule has 26 heavy (non-hydrogen) atoms. The van der Waals surface area contributed by atoms with Crippen molar-refractivity contribution in [2.24, 2.45) is 0 Å². The molecule has 0 aliphatic heterocycles. The molecule has 2 aromatic heterocycles. The number of ether oxygens (including phenoxy) is 1. The smallest absolute Gasteiger partial charge is 0.350 e. The average molecular weight is 413 g/mol. The lowest BCUT2D eigenvalue weighted by molar-refractivity contribution is -0.116. The molecule has 0 saturated heterocycles. The largest absolute Gasteiger partial charge is 0.455 e. The summed E-state index contributed by atoms with van der Waals surface area (Å²) in [5.41, 5.74) is 0.543. The van der Waals surface area contributed by atoms with Gasteiger partial charge in [-0.3, -0.25) is 9.69 Å². The predicted octanol–water partition coefficient (Wildman–Crippen LogP) is 4.88. The molecule has 0 unspecified atom stereocenters. The fourth-order valence-corrected chi connectivity index (χ4v) is 4.70. The van der Waals surface area contributed by atoms with Crippen LogP contribution in [0.3, 0.4) is 0 Å². The van der Waals surface area contributed by atoms with E-state index in [9.17, 15) is 14.0 Å². The monoisotopic (exact) mass is 412 g/mol. The van der Waals surface area contributed by atoms with E-state index < -0.39 is 11.8 Å². The molecule has 3 rings (SSSR count). The fourth-order valence-electron chi connectivity index (χ4n) is 2.35. The second kappa shape index (κ2) is 7.69. The highest BCUT2D eigenvalue weighted by molar-refractivity contribution is 7.21. The number of esters is 1. The Kier molecular flexibility index (Phi) is 5.55. The highest BCUT2D eigenvalue weighted by Crippen LogP contribution is 2.36. The van der Waals surface area contributed by atoms with Crippen LogP contribution in [0.1, 0.15) is 29.2 Å². The summed E-state index contributed by atoms with van der Waals surface area (Å²) in [5, 5.41) is 3.15. The Labute approximate surface area is 162 Å². The second-order valence-electron chi connectivity index (χ2n) is 5.35. The molecular weight excluding hydrogens is 399 g/mol. The van der Waals surface area contributed by atoms with Gasteiger partial charge >= 0.3 is 5.97 Å². The summed E-state index contributed by atoms with van der Waals surface area (Å²) >= 11 is 8.60. The van der Waals surface area contributed by atoms with Crippen LogP contribution in [0, 0.1) is 5.82 Å². The number of thiophene rings is 1. The lowest BCUT2D eigenvalue weighted by atomic mass is 10.2. The SMILES string of the molecule is CCN(C(C)=O)c1nc(COC(=O)c2sc3cc(F)ccc3c2Cl)cs1. The molecule has 0 bridgehead atoms. The van der Waals surface area contributed by atoms with Gasteiger partial charge in [-0.25, -0.2) is 14.2 Å². The number of anilines is 1. The first-order chi connectivity index (χ1) is 12.4. The van der Waals surface area contributed by atoms with Gasteiger partial charge in [0.25, 0.3) is 0 Å². The summed E-state index contributed by atoms with van der Waals surface area (Å²) in [6, 6.07) is 4.16. The number of aromatic nitrogens is 1. The van der Waals surface area contributed by atoms with Crippen LogP contribution in [0.15, 0.2) is 23.6 Å². The van der Waals surface area contributed by atoms with Crippen molar-refractivity contribution in [3.63, 3.8) is 0 Å². The normalized spacial score (nSPS) is 10.9. The van der Waals surface area contributed by atoms with Crippen molar-refractivity contribution < 1.29 is 18.7 Å². The van der Waals surface area contributed by atoms with E-state index in [-0.39, 0.29) is 22.4 Å². The van der Waals surface area contributed by atoms with Crippen molar-refractivity contribution >= 4 is 61.4 Å². The molecule has 136 valence electrons. The first-order valence-corrected chi connectivity index (χ1v) is 9.75.